The van der Waals surface area contributed by atoms with Crippen molar-refractivity contribution in [1.29, 1.82) is 0 Å². The first-order valence-electron chi connectivity index (χ1n) is 9.38. The van der Waals surface area contributed by atoms with Crippen LogP contribution >= 0.6 is 0 Å². The molecule has 2 fully saturated rings. The van der Waals surface area contributed by atoms with Crippen LogP contribution in [0.3, 0.4) is 0 Å². The molecule has 1 amide bonds. The molecule has 2 aliphatic heterocycles. The number of carbonyl (C=O) groups is 2. The monoisotopic (exact) mass is 344 g/mol. The van der Waals surface area contributed by atoms with Gasteiger partial charge in [0, 0.05) is 51.1 Å². The van der Waals surface area contributed by atoms with Gasteiger partial charge in [-0.1, -0.05) is 30.3 Å². The maximum Gasteiger partial charge on any atom is 0.223 e. The number of nitrogens with zero attached hydrogens (tertiary/aromatic N) is 2. The van der Waals surface area contributed by atoms with Crippen molar-refractivity contribution in [2.24, 2.45) is 5.92 Å². The van der Waals surface area contributed by atoms with Crippen molar-refractivity contribution >= 4 is 11.7 Å². The zero-order chi connectivity index (χ0) is 17.5. The van der Waals surface area contributed by atoms with E-state index in [0.717, 1.165) is 52.4 Å². The molecule has 0 aliphatic carbocycles. The van der Waals surface area contributed by atoms with Crippen LogP contribution in [-0.2, 0) is 9.53 Å². The second kappa shape index (κ2) is 9.11. The van der Waals surface area contributed by atoms with E-state index in [9.17, 15) is 9.59 Å². The third-order valence-electron chi connectivity index (χ3n) is 5.15. The number of Topliss-reactive ketones (excluding diaryl/α,β-unsaturated/α-hetero) is 1. The van der Waals surface area contributed by atoms with Gasteiger partial charge in [0.05, 0.1) is 13.2 Å². The lowest BCUT2D eigenvalue weighted by Crippen LogP contribution is -2.46. The number of ether oxygens (including phenoxy) is 1. The minimum atomic E-state index is 0.0517. The summed E-state index contributed by atoms with van der Waals surface area (Å²) in [5.74, 6) is 0.715. The first-order chi connectivity index (χ1) is 12.2. The maximum atomic E-state index is 12.5. The Morgan fingerprint density at radius 2 is 1.80 bits per heavy atom. The Labute approximate surface area is 149 Å². The molecule has 2 heterocycles. The van der Waals surface area contributed by atoms with Crippen LogP contribution < -0.4 is 0 Å². The number of carbonyl (C=O) groups excluding carboxylic acids is 2. The van der Waals surface area contributed by atoms with Crippen molar-refractivity contribution in [1.82, 2.24) is 9.80 Å². The molecule has 2 saturated heterocycles. The quantitative estimate of drug-likeness (QED) is 0.743. The van der Waals surface area contributed by atoms with E-state index in [-0.39, 0.29) is 11.7 Å². The van der Waals surface area contributed by atoms with Crippen molar-refractivity contribution in [2.75, 3.05) is 45.9 Å². The predicted octanol–water partition coefficient (Wildman–Crippen LogP) is 2.22. The van der Waals surface area contributed by atoms with Gasteiger partial charge in [-0.15, -0.1) is 0 Å². The van der Waals surface area contributed by atoms with E-state index in [4.69, 9.17) is 4.74 Å². The van der Waals surface area contributed by atoms with E-state index >= 15 is 0 Å². The van der Waals surface area contributed by atoms with Crippen LogP contribution in [0.5, 0.6) is 0 Å². The Morgan fingerprint density at radius 1 is 1.04 bits per heavy atom. The average Bonchev–Trinajstić information content (AvgIpc) is 2.67. The minimum Gasteiger partial charge on any atom is -0.379 e. The van der Waals surface area contributed by atoms with Crippen LogP contribution in [0.25, 0.3) is 0 Å². The van der Waals surface area contributed by atoms with Crippen molar-refractivity contribution in [3.63, 3.8) is 0 Å². The van der Waals surface area contributed by atoms with Gasteiger partial charge in [-0.3, -0.25) is 14.5 Å². The van der Waals surface area contributed by atoms with Crippen molar-refractivity contribution in [2.45, 2.75) is 25.7 Å². The fourth-order valence-corrected chi connectivity index (χ4v) is 3.74. The second-order valence-corrected chi connectivity index (χ2v) is 7.05. The predicted molar refractivity (Wildman–Crippen MR) is 96.6 cm³/mol. The fraction of sp³-hybridized carbons (Fsp3) is 0.600. The van der Waals surface area contributed by atoms with Crippen LogP contribution in [-0.4, -0.2) is 67.4 Å². The van der Waals surface area contributed by atoms with E-state index in [1.165, 1.54) is 6.42 Å². The van der Waals surface area contributed by atoms with Gasteiger partial charge in [-0.05, 0) is 18.8 Å². The van der Waals surface area contributed by atoms with Gasteiger partial charge in [-0.25, -0.2) is 0 Å². The first-order valence-corrected chi connectivity index (χ1v) is 9.38. The smallest absolute Gasteiger partial charge is 0.223 e. The van der Waals surface area contributed by atoms with Gasteiger partial charge in [0.25, 0.3) is 0 Å². The molecule has 25 heavy (non-hydrogen) atoms. The number of hydrogen-bond acceptors (Lipinski definition) is 4. The van der Waals surface area contributed by atoms with E-state index < -0.39 is 0 Å². The Morgan fingerprint density at radius 3 is 2.56 bits per heavy atom. The largest absolute Gasteiger partial charge is 0.379 e. The molecule has 136 valence electrons. The minimum absolute atomic E-state index is 0.0517. The highest BCUT2D eigenvalue weighted by Crippen LogP contribution is 2.19. The summed E-state index contributed by atoms with van der Waals surface area (Å²) in [7, 11) is 0. The Balaban J connectivity index is 1.44. The SMILES string of the molecule is O=C(CCC(=O)N1CCCC(CN2CCOCC2)C1)c1ccccc1. The van der Waals surface area contributed by atoms with Crippen LogP contribution in [0.15, 0.2) is 30.3 Å². The number of hydrogen-bond donors (Lipinski definition) is 0. The van der Waals surface area contributed by atoms with Crippen LogP contribution in [0.2, 0.25) is 0 Å². The molecule has 1 aromatic carbocycles. The summed E-state index contributed by atoms with van der Waals surface area (Å²) in [5, 5.41) is 0. The maximum absolute atomic E-state index is 12.5. The molecule has 2 aliphatic rings. The molecule has 0 aromatic heterocycles. The zero-order valence-electron chi connectivity index (χ0n) is 14.9. The molecule has 0 N–H and O–H groups in total. The molecule has 0 bridgehead atoms. The molecular formula is C20H28N2O3. The summed E-state index contributed by atoms with van der Waals surface area (Å²) in [6.45, 7) is 6.34. The molecule has 1 atom stereocenters. The lowest BCUT2D eigenvalue weighted by Gasteiger charge is -2.36. The third kappa shape index (κ3) is 5.38. The summed E-state index contributed by atoms with van der Waals surface area (Å²) in [5.41, 5.74) is 0.694. The van der Waals surface area contributed by atoms with Gasteiger partial charge in [0.1, 0.15) is 0 Å². The van der Waals surface area contributed by atoms with E-state index in [1.807, 2.05) is 35.2 Å². The summed E-state index contributed by atoms with van der Waals surface area (Å²) >= 11 is 0. The van der Waals surface area contributed by atoms with Gasteiger partial charge in [-0.2, -0.15) is 0 Å². The highest BCUT2D eigenvalue weighted by Gasteiger charge is 2.26. The Hall–Kier alpha value is -1.72. The average molecular weight is 344 g/mol. The van der Waals surface area contributed by atoms with Crippen LogP contribution in [0.4, 0.5) is 0 Å². The molecule has 3 rings (SSSR count). The Bertz CT molecular complexity index is 570. The van der Waals surface area contributed by atoms with Crippen molar-refractivity contribution in [3.8, 4) is 0 Å². The molecule has 0 radical (unpaired) electrons. The van der Waals surface area contributed by atoms with Gasteiger partial charge in [0.2, 0.25) is 5.91 Å². The number of rotatable bonds is 6. The zero-order valence-corrected chi connectivity index (χ0v) is 14.9. The third-order valence-corrected chi connectivity index (χ3v) is 5.15. The summed E-state index contributed by atoms with van der Waals surface area (Å²) < 4.78 is 5.40. The number of benzene rings is 1. The van der Waals surface area contributed by atoms with Gasteiger partial charge >= 0.3 is 0 Å². The van der Waals surface area contributed by atoms with E-state index in [0.29, 0.717) is 24.3 Å². The van der Waals surface area contributed by atoms with Gasteiger partial charge in [0.15, 0.2) is 5.78 Å². The molecule has 1 unspecified atom stereocenters. The number of piperidine rings is 1. The second-order valence-electron chi connectivity index (χ2n) is 7.05. The normalized spacial score (nSPS) is 21.9. The Kier molecular flexibility index (Phi) is 6.59. The molecule has 5 nitrogen and oxygen atoms in total. The molecule has 0 saturated carbocycles. The fourth-order valence-electron chi connectivity index (χ4n) is 3.74. The summed E-state index contributed by atoms with van der Waals surface area (Å²) in [6, 6.07) is 9.23. The number of ketones is 1. The lowest BCUT2D eigenvalue weighted by molar-refractivity contribution is -0.133. The van der Waals surface area contributed by atoms with Crippen LogP contribution in [0, 0.1) is 5.92 Å². The van der Waals surface area contributed by atoms with E-state index in [2.05, 4.69) is 4.90 Å². The highest BCUT2D eigenvalue weighted by atomic mass is 16.5. The standard InChI is InChI=1S/C20H28N2O3/c23-19(18-6-2-1-3-7-18)8-9-20(24)22-10-4-5-17(16-22)15-21-11-13-25-14-12-21/h1-3,6-7,17H,4-5,8-16H2. The van der Waals surface area contributed by atoms with Crippen molar-refractivity contribution in [3.05, 3.63) is 35.9 Å². The lowest BCUT2D eigenvalue weighted by atomic mass is 9.96. The number of amides is 1. The van der Waals surface area contributed by atoms with Crippen molar-refractivity contribution < 1.29 is 14.3 Å². The summed E-state index contributed by atoms with van der Waals surface area (Å²) in [4.78, 5) is 29.1. The first kappa shape index (κ1) is 18.1. The topological polar surface area (TPSA) is 49.9 Å². The van der Waals surface area contributed by atoms with Crippen LogP contribution in [0.1, 0.15) is 36.0 Å². The highest BCUT2D eigenvalue weighted by molar-refractivity contribution is 5.97. The van der Waals surface area contributed by atoms with E-state index in [1.54, 1.807) is 0 Å². The number of likely N-dealkylation sites (tertiary alicyclic amines) is 1. The molecule has 1 aromatic rings. The molecule has 5 heteroatoms. The molecule has 0 spiro atoms. The van der Waals surface area contributed by atoms with Gasteiger partial charge < -0.3 is 9.64 Å². The summed E-state index contributed by atoms with van der Waals surface area (Å²) in [6.07, 6.45) is 2.86. The number of morpholine rings is 1. The molecular weight excluding hydrogens is 316 g/mol.